The van der Waals surface area contributed by atoms with Crippen molar-refractivity contribution >= 4 is 23.2 Å². The van der Waals surface area contributed by atoms with E-state index < -0.39 is 0 Å². The minimum atomic E-state index is -0.375. The summed E-state index contributed by atoms with van der Waals surface area (Å²) in [6.07, 6.45) is 8.98. The Labute approximate surface area is 170 Å². The number of hydrogen-bond acceptors (Lipinski definition) is 4. The summed E-state index contributed by atoms with van der Waals surface area (Å²) in [7, 11) is 0. The maximum Gasteiger partial charge on any atom is 0.263 e. The number of rotatable bonds is 5. The molecule has 0 heterocycles. The molecular formula is C22H26ClN3O2. The molecule has 0 radical (unpaired) electrons. The van der Waals surface area contributed by atoms with Crippen LogP contribution in [0.3, 0.4) is 0 Å². The zero-order chi connectivity index (χ0) is 19.9. The van der Waals surface area contributed by atoms with Crippen molar-refractivity contribution in [3.63, 3.8) is 0 Å². The molecule has 4 aliphatic rings. The molecule has 148 valence electrons. The van der Waals surface area contributed by atoms with Gasteiger partial charge in [0.05, 0.1) is 5.69 Å². The average Bonchev–Trinajstić information content (AvgIpc) is 2.63. The Bertz CT molecular complexity index is 823. The predicted octanol–water partition coefficient (Wildman–Crippen LogP) is 4.59. The summed E-state index contributed by atoms with van der Waals surface area (Å²) in [5.74, 6) is 2.05. The molecule has 1 unspecified atom stereocenters. The molecule has 4 saturated carbocycles. The standard InChI is InChI=1S/C22H26ClN3O2/c1-13(22-8-14-4-15(9-22)6-16(5-14)10-22)26-21(28)17(11-24)12-25-19-7-18(23)2-3-20(19)27/h2-3,7,12-16,25,27H,4-6,8-10H2,1H3,(H,26,28)/b17-12-. The highest BCUT2D eigenvalue weighted by Gasteiger charge is 2.53. The number of amides is 1. The number of carbonyl (C=O) groups is 1. The first kappa shape index (κ1) is 19.1. The number of halogens is 1. The first-order chi connectivity index (χ1) is 13.4. The number of aromatic hydroxyl groups is 1. The number of hydrogen-bond donors (Lipinski definition) is 3. The van der Waals surface area contributed by atoms with Crippen LogP contribution in [-0.4, -0.2) is 17.1 Å². The summed E-state index contributed by atoms with van der Waals surface area (Å²) in [4.78, 5) is 12.7. The molecule has 4 bridgehead atoms. The van der Waals surface area contributed by atoms with Crippen LogP contribution in [0.5, 0.6) is 5.75 Å². The van der Waals surface area contributed by atoms with Crippen LogP contribution in [0.1, 0.15) is 45.4 Å². The van der Waals surface area contributed by atoms with Crippen LogP contribution in [0.15, 0.2) is 30.0 Å². The summed E-state index contributed by atoms with van der Waals surface area (Å²) in [5, 5.41) is 25.7. The molecule has 5 nitrogen and oxygen atoms in total. The molecule has 28 heavy (non-hydrogen) atoms. The van der Waals surface area contributed by atoms with Crippen molar-refractivity contribution in [2.24, 2.45) is 23.2 Å². The second-order valence-corrected chi connectivity index (χ2v) is 9.39. The van der Waals surface area contributed by atoms with Crippen molar-refractivity contribution in [2.75, 3.05) is 5.32 Å². The van der Waals surface area contributed by atoms with E-state index in [9.17, 15) is 15.2 Å². The average molecular weight is 400 g/mol. The number of nitriles is 1. The smallest absolute Gasteiger partial charge is 0.263 e. The van der Waals surface area contributed by atoms with Crippen LogP contribution in [0.2, 0.25) is 5.02 Å². The molecule has 0 aliphatic heterocycles. The minimum absolute atomic E-state index is 0.000262. The molecular weight excluding hydrogens is 374 g/mol. The summed E-state index contributed by atoms with van der Waals surface area (Å²) in [5.41, 5.74) is 0.516. The van der Waals surface area contributed by atoms with Gasteiger partial charge in [-0.1, -0.05) is 11.6 Å². The minimum Gasteiger partial charge on any atom is -0.506 e. The SMILES string of the molecule is CC(NC(=O)/C(C#N)=C\Nc1cc(Cl)ccc1O)C12CC3CC(CC(C3)C1)C2. The van der Waals surface area contributed by atoms with Gasteiger partial charge in [-0.3, -0.25) is 4.79 Å². The fraction of sp³-hybridized carbons (Fsp3) is 0.545. The van der Waals surface area contributed by atoms with Gasteiger partial charge in [-0.05, 0) is 86.8 Å². The summed E-state index contributed by atoms with van der Waals surface area (Å²) in [6, 6.07) is 6.57. The van der Waals surface area contributed by atoms with Gasteiger partial charge in [-0.25, -0.2) is 0 Å². The van der Waals surface area contributed by atoms with Gasteiger partial charge in [-0.2, -0.15) is 5.26 Å². The molecule has 4 aliphatic carbocycles. The van der Waals surface area contributed by atoms with Gasteiger partial charge in [0.15, 0.2) is 0 Å². The Morgan fingerprint density at radius 3 is 2.46 bits per heavy atom. The lowest BCUT2D eigenvalue weighted by Crippen LogP contribution is -2.56. The third kappa shape index (κ3) is 3.58. The van der Waals surface area contributed by atoms with Crippen LogP contribution >= 0.6 is 11.6 Å². The Morgan fingerprint density at radius 1 is 1.29 bits per heavy atom. The molecule has 1 aromatic rings. The van der Waals surface area contributed by atoms with E-state index in [1.54, 1.807) is 12.1 Å². The van der Waals surface area contributed by atoms with E-state index in [1.807, 2.05) is 6.07 Å². The van der Waals surface area contributed by atoms with Crippen LogP contribution in [-0.2, 0) is 4.79 Å². The zero-order valence-corrected chi connectivity index (χ0v) is 16.8. The number of anilines is 1. The van der Waals surface area contributed by atoms with Crippen molar-refractivity contribution in [1.82, 2.24) is 5.32 Å². The lowest BCUT2D eigenvalue weighted by molar-refractivity contribution is -0.122. The number of phenols is 1. The lowest BCUT2D eigenvalue weighted by Gasteiger charge is -2.59. The zero-order valence-electron chi connectivity index (χ0n) is 16.0. The molecule has 4 fully saturated rings. The molecule has 0 saturated heterocycles. The van der Waals surface area contributed by atoms with Gasteiger partial charge < -0.3 is 15.7 Å². The molecule has 5 rings (SSSR count). The summed E-state index contributed by atoms with van der Waals surface area (Å²) in [6.45, 7) is 2.09. The third-order valence-electron chi connectivity index (χ3n) is 7.05. The normalized spacial score (nSPS) is 31.9. The largest absolute Gasteiger partial charge is 0.506 e. The maximum absolute atomic E-state index is 12.7. The first-order valence-corrected chi connectivity index (χ1v) is 10.4. The maximum atomic E-state index is 12.7. The third-order valence-corrected chi connectivity index (χ3v) is 7.28. The summed E-state index contributed by atoms with van der Waals surface area (Å²) >= 11 is 5.93. The number of nitrogens with one attached hydrogen (secondary N) is 2. The van der Waals surface area contributed by atoms with E-state index in [4.69, 9.17) is 11.6 Å². The van der Waals surface area contributed by atoms with Crippen LogP contribution in [0.4, 0.5) is 5.69 Å². The van der Waals surface area contributed by atoms with Crippen molar-refractivity contribution in [1.29, 1.82) is 5.26 Å². The number of nitrogens with zero attached hydrogens (tertiary/aromatic N) is 1. The molecule has 1 atom stereocenters. The fourth-order valence-electron chi connectivity index (χ4n) is 6.06. The van der Waals surface area contributed by atoms with Gasteiger partial charge >= 0.3 is 0 Å². The highest BCUT2D eigenvalue weighted by atomic mass is 35.5. The monoisotopic (exact) mass is 399 g/mol. The lowest BCUT2D eigenvalue weighted by atomic mass is 9.48. The Morgan fingerprint density at radius 2 is 1.89 bits per heavy atom. The van der Waals surface area contributed by atoms with Crippen molar-refractivity contribution in [3.05, 3.63) is 35.0 Å². The number of benzene rings is 1. The van der Waals surface area contributed by atoms with Crippen molar-refractivity contribution in [3.8, 4) is 11.8 Å². The quantitative estimate of drug-likeness (QED) is 0.384. The highest BCUT2D eigenvalue weighted by Crippen LogP contribution is 2.61. The van der Waals surface area contributed by atoms with Gasteiger partial charge in [-0.15, -0.1) is 0 Å². The van der Waals surface area contributed by atoms with Gasteiger partial charge in [0.2, 0.25) is 0 Å². The second-order valence-electron chi connectivity index (χ2n) is 8.95. The molecule has 1 aromatic carbocycles. The van der Waals surface area contributed by atoms with E-state index in [2.05, 4.69) is 17.6 Å². The highest BCUT2D eigenvalue weighted by molar-refractivity contribution is 6.30. The number of carbonyl (C=O) groups excluding carboxylic acids is 1. The molecule has 3 N–H and O–H groups in total. The Hall–Kier alpha value is -2.19. The van der Waals surface area contributed by atoms with Gasteiger partial charge in [0.1, 0.15) is 17.4 Å². The van der Waals surface area contributed by atoms with E-state index in [0.29, 0.717) is 10.7 Å². The van der Waals surface area contributed by atoms with Crippen molar-refractivity contribution in [2.45, 2.75) is 51.5 Å². The molecule has 6 heteroatoms. The Balaban J connectivity index is 1.44. The fourth-order valence-corrected chi connectivity index (χ4v) is 6.23. The van der Waals surface area contributed by atoms with E-state index in [0.717, 1.165) is 17.8 Å². The van der Waals surface area contributed by atoms with E-state index in [1.165, 1.54) is 50.8 Å². The van der Waals surface area contributed by atoms with Gasteiger partial charge in [0, 0.05) is 17.3 Å². The molecule has 1 amide bonds. The van der Waals surface area contributed by atoms with E-state index >= 15 is 0 Å². The van der Waals surface area contributed by atoms with E-state index in [-0.39, 0.29) is 28.7 Å². The predicted molar refractivity (Wildman–Crippen MR) is 109 cm³/mol. The first-order valence-electron chi connectivity index (χ1n) is 10.0. The second kappa shape index (κ2) is 7.33. The topological polar surface area (TPSA) is 85.2 Å². The van der Waals surface area contributed by atoms with Crippen LogP contribution < -0.4 is 10.6 Å². The van der Waals surface area contributed by atoms with Gasteiger partial charge in [0.25, 0.3) is 5.91 Å². The molecule has 0 spiro atoms. The molecule has 0 aromatic heterocycles. The Kier molecular flexibility index (Phi) is 5.01. The van der Waals surface area contributed by atoms with Crippen LogP contribution in [0, 0.1) is 34.5 Å². The van der Waals surface area contributed by atoms with Crippen molar-refractivity contribution < 1.29 is 9.90 Å². The number of phenolic OH excluding ortho intramolecular Hbond substituents is 1. The summed E-state index contributed by atoms with van der Waals surface area (Å²) < 4.78 is 0. The van der Waals surface area contributed by atoms with Crippen LogP contribution in [0.25, 0.3) is 0 Å².